The molecule has 0 aromatic carbocycles. The third-order valence-electron chi connectivity index (χ3n) is 3.87. The first-order valence-corrected chi connectivity index (χ1v) is 7.34. The fourth-order valence-corrected chi connectivity index (χ4v) is 2.73. The van der Waals surface area contributed by atoms with Crippen LogP contribution in [0, 0.1) is 5.92 Å². The summed E-state index contributed by atoms with van der Waals surface area (Å²) in [6.07, 6.45) is 2.50. The zero-order valence-corrected chi connectivity index (χ0v) is 12.2. The van der Waals surface area contributed by atoms with Crippen molar-refractivity contribution >= 4 is 17.7 Å². The van der Waals surface area contributed by atoms with Gasteiger partial charge in [-0.25, -0.2) is 0 Å². The maximum absolute atomic E-state index is 12.2. The minimum Gasteiger partial charge on any atom is -0.355 e. The fourth-order valence-electron chi connectivity index (χ4n) is 2.73. The topological polar surface area (TPSA) is 69.7 Å². The molecule has 2 heterocycles. The number of carbonyl (C=O) groups excluding carboxylic acids is 3. The van der Waals surface area contributed by atoms with Crippen LogP contribution in [0.2, 0.25) is 0 Å². The molecule has 0 radical (unpaired) electrons. The Morgan fingerprint density at radius 2 is 2.15 bits per heavy atom. The van der Waals surface area contributed by atoms with Crippen molar-refractivity contribution in [2.75, 3.05) is 26.2 Å². The van der Waals surface area contributed by atoms with Crippen LogP contribution in [0.3, 0.4) is 0 Å². The first-order valence-electron chi connectivity index (χ1n) is 7.34. The lowest BCUT2D eigenvalue weighted by Crippen LogP contribution is -2.59. The van der Waals surface area contributed by atoms with Crippen LogP contribution in [0.25, 0.3) is 0 Å². The van der Waals surface area contributed by atoms with Gasteiger partial charge in [0.25, 0.3) is 0 Å². The van der Waals surface area contributed by atoms with Crippen molar-refractivity contribution in [1.82, 2.24) is 15.1 Å². The van der Waals surface area contributed by atoms with E-state index in [9.17, 15) is 14.4 Å². The van der Waals surface area contributed by atoms with E-state index in [1.54, 1.807) is 4.90 Å². The molecule has 0 aliphatic carbocycles. The molecule has 1 atom stereocenters. The molecule has 6 heteroatoms. The van der Waals surface area contributed by atoms with Crippen LogP contribution in [-0.4, -0.2) is 59.7 Å². The Morgan fingerprint density at radius 1 is 1.40 bits per heavy atom. The second-order valence-corrected chi connectivity index (χ2v) is 5.97. The molecular weight excluding hydrogens is 258 g/mol. The summed E-state index contributed by atoms with van der Waals surface area (Å²) in [4.78, 5) is 39.0. The van der Waals surface area contributed by atoms with Gasteiger partial charge in [-0.1, -0.05) is 13.8 Å². The van der Waals surface area contributed by atoms with Crippen molar-refractivity contribution in [3.05, 3.63) is 0 Å². The number of nitrogens with zero attached hydrogens (tertiary/aromatic N) is 2. The highest BCUT2D eigenvalue weighted by Gasteiger charge is 2.42. The lowest BCUT2D eigenvalue weighted by atomic mass is 10.1. The summed E-state index contributed by atoms with van der Waals surface area (Å²) in [5, 5.41) is 2.80. The Bertz CT molecular complexity index is 408. The molecule has 0 aromatic heterocycles. The molecule has 20 heavy (non-hydrogen) atoms. The van der Waals surface area contributed by atoms with E-state index in [1.807, 2.05) is 0 Å². The summed E-state index contributed by atoms with van der Waals surface area (Å²) in [5.74, 6) is 0.224. The molecule has 2 saturated heterocycles. The molecular formula is C14H23N3O3. The van der Waals surface area contributed by atoms with E-state index in [1.165, 1.54) is 4.90 Å². The standard InChI is InChI=1S/C14H23N3O3/c1-10(2)5-6-15-12(18)8-16-9-13(19)17-7-3-4-11(17)14(16)20/h10-11H,3-9H2,1-2H3,(H,15,18). The predicted molar refractivity (Wildman–Crippen MR) is 73.8 cm³/mol. The van der Waals surface area contributed by atoms with E-state index in [0.29, 0.717) is 19.0 Å². The molecule has 1 unspecified atom stereocenters. The average molecular weight is 281 g/mol. The van der Waals surface area contributed by atoms with Gasteiger partial charge in [0.15, 0.2) is 0 Å². The number of hydrogen-bond acceptors (Lipinski definition) is 3. The maximum Gasteiger partial charge on any atom is 0.246 e. The van der Waals surface area contributed by atoms with Gasteiger partial charge in [-0.3, -0.25) is 14.4 Å². The first-order chi connectivity index (χ1) is 9.49. The molecule has 2 fully saturated rings. The van der Waals surface area contributed by atoms with Gasteiger partial charge in [0.1, 0.15) is 19.1 Å². The molecule has 2 rings (SSSR count). The summed E-state index contributed by atoms with van der Waals surface area (Å²) < 4.78 is 0. The van der Waals surface area contributed by atoms with Gasteiger partial charge in [0.2, 0.25) is 17.7 Å². The average Bonchev–Trinajstić information content (AvgIpc) is 2.85. The Hall–Kier alpha value is -1.59. The number of rotatable bonds is 5. The molecule has 2 aliphatic rings. The molecule has 0 aromatic rings. The number of piperazine rings is 1. The summed E-state index contributed by atoms with van der Waals surface area (Å²) in [6, 6.07) is -0.334. The first kappa shape index (κ1) is 14.8. The summed E-state index contributed by atoms with van der Waals surface area (Å²) >= 11 is 0. The van der Waals surface area contributed by atoms with Crippen LogP contribution in [0.4, 0.5) is 0 Å². The van der Waals surface area contributed by atoms with E-state index in [-0.39, 0.29) is 36.9 Å². The highest BCUT2D eigenvalue weighted by molar-refractivity contribution is 5.97. The van der Waals surface area contributed by atoms with E-state index >= 15 is 0 Å². The van der Waals surface area contributed by atoms with Crippen molar-refractivity contribution in [2.45, 2.75) is 39.2 Å². The molecule has 6 nitrogen and oxygen atoms in total. The summed E-state index contributed by atoms with van der Waals surface area (Å²) in [5.41, 5.74) is 0. The minimum absolute atomic E-state index is 0.00694. The van der Waals surface area contributed by atoms with E-state index in [4.69, 9.17) is 0 Å². The molecule has 0 saturated carbocycles. The molecule has 1 N–H and O–H groups in total. The summed E-state index contributed by atoms with van der Waals surface area (Å²) in [6.45, 7) is 5.49. The number of carbonyl (C=O) groups is 3. The quantitative estimate of drug-likeness (QED) is 0.770. The Balaban J connectivity index is 1.84. The van der Waals surface area contributed by atoms with Crippen molar-refractivity contribution in [2.24, 2.45) is 5.92 Å². The van der Waals surface area contributed by atoms with Gasteiger partial charge in [0, 0.05) is 13.1 Å². The minimum atomic E-state index is -0.334. The SMILES string of the molecule is CC(C)CCNC(=O)CN1CC(=O)N2CCCC2C1=O. The van der Waals surface area contributed by atoms with Crippen molar-refractivity contribution < 1.29 is 14.4 Å². The zero-order valence-electron chi connectivity index (χ0n) is 12.2. The van der Waals surface area contributed by atoms with E-state index in [0.717, 1.165) is 19.3 Å². The molecule has 0 bridgehead atoms. The van der Waals surface area contributed by atoms with Gasteiger partial charge in [0.05, 0.1) is 0 Å². The van der Waals surface area contributed by atoms with Gasteiger partial charge < -0.3 is 15.1 Å². The van der Waals surface area contributed by atoms with Crippen LogP contribution >= 0.6 is 0 Å². The number of fused-ring (bicyclic) bond motifs is 1. The third-order valence-corrected chi connectivity index (χ3v) is 3.87. The molecule has 112 valence electrons. The van der Waals surface area contributed by atoms with E-state index in [2.05, 4.69) is 19.2 Å². The Kier molecular flexibility index (Phi) is 4.62. The van der Waals surface area contributed by atoms with Gasteiger partial charge >= 0.3 is 0 Å². The number of hydrogen-bond donors (Lipinski definition) is 1. The van der Waals surface area contributed by atoms with Crippen LogP contribution < -0.4 is 5.32 Å². The van der Waals surface area contributed by atoms with Gasteiger partial charge in [-0.15, -0.1) is 0 Å². The maximum atomic E-state index is 12.2. The summed E-state index contributed by atoms with van der Waals surface area (Å²) in [7, 11) is 0. The van der Waals surface area contributed by atoms with Crippen LogP contribution in [0.1, 0.15) is 33.1 Å². The van der Waals surface area contributed by atoms with Gasteiger partial charge in [-0.2, -0.15) is 0 Å². The van der Waals surface area contributed by atoms with Crippen LogP contribution in [0.5, 0.6) is 0 Å². The monoisotopic (exact) mass is 281 g/mol. The normalized spacial score (nSPS) is 22.4. The third kappa shape index (κ3) is 3.29. The molecule has 0 spiro atoms. The van der Waals surface area contributed by atoms with Gasteiger partial charge in [-0.05, 0) is 25.2 Å². The smallest absolute Gasteiger partial charge is 0.246 e. The zero-order chi connectivity index (χ0) is 14.7. The Labute approximate surface area is 119 Å². The lowest BCUT2D eigenvalue weighted by Gasteiger charge is -2.35. The largest absolute Gasteiger partial charge is 0.355 e. The number of amides is 3. The highest BCUT2D eigenvalue weighted by Crippen LogP contribution is 2.23. The van der Waals surface area contributed by atoms with Crippen molar-refractivity contribution in [3.8, 4) is 0 Å². The van der Waals surface area contributed by atoms with Crippen molar-refractivity contribution in [3.63, 3.8) is 0 Å². The predicted octanol–water partition coefficient (Wildman–Crippen LogP) is -0.0181. The lowest BCUT2D eigenvalue weighted by molar-refractivity contribution is -0.154. The van der Waals surface area contributed by atoms with Crippen molar-refractivity contribution in [1.29, 1.82) is 0 Å². The second-order valence-electron chi connectivity index (χ2n) is 5.97. The number of nitrogens with one attached hydrogen (secondary N) is 1. The molecule has 2 aliphatic heterocycles. The highest BCUT2D eigenvalue weighted by atomic mass is 16.2. The fraction of sp³-hybridized carbons (Fsp3) is 0.786. The second kappa shape index (κ2) is 6.24. The van der Waals surface area contributed by atoms with Crippen LogP contribution in [0.15, 0.2) is 0 Å². The Morgan fingerprint density at radius 3 is 2.85 bits per heavy atom. The van der Waals surface area contributed by atoms with E-state index < -0.39 is 0 Å². The van der Waals surface area contributed by atoms with Crippen LogP contribution in [-0.2, 0) is 14.4 Å². The molecule has 3 amide bonds.